The van der Waals surface area contributed by atoms with Gasteiger partial charge in [-0.2, -0.15) is 0 Å². The van der Waals surface area contributed by atoms with Crippen LogP contribution in [0.4, 0.5) is 0 Å². The molecule has 0 aliphatic rings. The minimum absolute atomic E-state index is 0.342. The Labute approximate surface area is 148 Å². The Hall–Kier alpha value is -2.62. The van der Waals surface area contributed by atoms with Gasteiger partial charge in [-0.1, -0.05) is 36.9 Å². The molecule has 0 saturated carbocycles. The lowest BCUT2D eigenvalue weighted by Crippen LogP contribution is -2.33. The smallest absolute Gasteiger partial charge is 0.338 e. The molecule has 0 bridgehead atoms. The summed E-state index contributed by atoms with van der Waals surface area (Å²) in [6, 6.07) is 13.3. The third-order valence-electron chi connectivity index (χ3n) is 3.79. The molecule has 25 heavy (non-hydrogen) atoms. The van der Waals surface area contributed by atoms with Gasteiger partial charge in [0.15, 0.2) is 0 Å². The van der Waals surface area contributed by atoms with Gasteiger partial charge in [0.1, 0.15) is 11.7 Å². The van der Waals surface area contributed by atoms with Crippen LogP contribution in [0.1, 0.15) is 44.5 Å². The maximum Gasteiger partial charge on any atom is 0.338 e. The Morgan fingerprint density at radius 2 is 1.76 bits per heavy atom. The number of ether oxygens (including phenoxy) is 2. The Morgan fingerprint density at radius 3 is 2.40 bits per heavy atom. The van der Waals surface area contributed by atoms with E-state index in [2.05, 4.69) is 6.58 Å². The van der Waals surface area contributed by atoms with Crippen molar-refractivity contribution in [2.24, 2.45) is 0 Å². The van der Waals surface area contributed by atoms with Crippen LogP contribution in [0.2, 0.25) is 0 Å². The summed E-state index contributed by atoms with van der Waals surface area (Å²) in [5.74, 6) is -0.835. The van der Waals surface area contributed by atoms with E-state index in [0.717, 1.165) is 10.8 Å². The first-order valence-electron chi connectivity index (χ1n) is 8.26. The molecule has 0 radical (unpaired) electrons. The minimum Gasteiger partial charge on any atom is -0.459 e. The Bertz CT molecular complexity index is 804. The monoisotopic (exact) mass is 340 g/mol. The molecule has 1 unspecified atom stereocenters. The molecule has 4 nitrogen and oxygen atoms in total. The fourth-order valence-corrected chi connectivity index (χ4v) is 2.68. The van der Waals surface area contributed by atoms with Crippen LogP contribution >= 0.6 is 0 Å². The van der Waals surface area contributed by atoms with Crippen LogP contribution in [0.5, 0.6) is 0 Å². The zero-order valence-electron chi connectivity index (χ0n) is 15.2. The molecule has 0 fully saturated rings. The first-order valence-corrected chi connectivity index (χ1v) is 8.26. The summed E-state index contributed by atoms with van der Waals surface area (Å²) in [5, 5.41) is 2.06. The first kappa shape index (κ1) is 18.7. The molecule has 2 aromatic carbocycles. The highest BCUT2D eigenvalue weighted by molar-refractivity contribution is 5.95. The van der Waals surface area contributed by atoms with E-state index in [1.807, 2.05) is 36.4 Å². The highest BCUT2D eigenvalue weighted by Gasteiger charge is 2.27. The number of carbonyl (C=O) groups excluding carboxylic acids is 2. The fraction of sp³-hybridized carbons (Fsp3) is 0.333. The van der Waals surface area contributed by atoms with Gasteiger partial charge in [0.25, 0.3) is 0 Å². The summed E-state index contributed by atoms with van der Waals surface area (Å²) >= 11 is 0. The summed E-state index contributed by atoms with van der Waals surface area (Å²) in [5.41, 5.74) is 0.0928. The van der Waals surface area contributed by atoms with Gasteiger partial charge in [-0.15, -0.1) is 0 Å². The first-order chi connectivity index (χ1) is 11.7. The Morgan fingerprint density at radius 1 is 1.12 bits per heavy atom. The highest BCUT2D eigenvalue weighted by atomic mass is 16.6. The van der Waals surface area contributed by atoms with Crippen molar-refractivity contribution in [3.05, 3.63) is 60.2 Å². The Kier molecular flexibility index (Phi) is 5.62. The zero-order chi connectivity index (χ0) is 18.6. The van der Waals surface area contributed by atoms with Gasteiger partial charge < -0.3 is 9.47 Å². The molecule has 0 aromatic heterocycles. The van der Waals surface area contributed by atoms with Crippen LogP contribution in [0.15, 0.2) is 54.6 Å². The van der Waals surface area contributed by atoms with Crippen LogP contribution in [-0.4, -0.2) is 23.6 Å². The second-order valence-electron chi connectivity index (χ2n) is 6.91. The number of rotatable bonds is 6. The largest absolute Gasteiger partial charge is 0.459 e. The fourth-order valence-electron chi connectivity index (χ4n) is 2.68. The second-order valence-corrected chi connectivity index (χ2v) is 6.91. The van der Waals surface area contributed by atoms with Crippen molar-refractivity contribution in [1.82, 2.24) is 0 Å². The zero-order valence-corrected chi connectivity index (χ0v) is 15.2. The molecule has 0 amide bonds. The number of fused-ring (bicyclic) bond motifs is 1. The topological polar surface area (TPSA) is 52.6 Å². The van der Waals surface area contributed by atoms with Crippen LogP contribution in [0, 0.1) is 0 Å². The molecule has 0 aliphatic heterocycles. The lowest BCUT2D eigenvalue weighted by atomic mass is 10.0. The maximum absolute atomic E-state index is 12.4. The summed E-state index contributed by atoms with van der Waals surface area (Å²) in [4.78, 5) is 24.0. The molecular formula is C21H24O4. The third-order valence-corrected chi connectivity index (χ3v) is 3.79. The number of esters is 2. The molecule has 0 spiro atoms. The van der Waals surface area contributed by atoms with Crippen LogP contribution in [0.3, 0.4) is 0 Å². The molecule has 4 heteroatoms. The SMILES string of the molecule is C=C(C)C(=O)OC(C)(C)CC(C)OC(=O)c1ccc2ccccc2c1. The summed E-state index contributed by atoms with van der Waals surface area (Å²) < 4.78 is 10.9. The second kappa shape index (κ2) is 7.51. The van der Waals surface area contributed by atoms with Gasteiger partial charge in [0.05, 0.1) is 5.56 Å². The molecule has 132 valence electrons. The van der Waals surface area contributed by atoms with Crippen molar-refractivity contribution < 1.29 is 19.1 Å². The number of hydrogen-bond donors (Lipinski definition) is 0. The summed E-state index contributed by atoms with van der Waals surface area (Å²) in [7, 11) is 0. The predicted molar refractivity (Wildman–Crippen MR) is 98.4 cm³/mol. The lowest BCUT2D eigenvalue weighted by Gasteiger charge is -2.28. The van der Waals surface area contributed by atoms with E-state index in [-0.39, 0.29) is 5.97 Å². The van der Waals surface area contributed by atoms with Crippen molar-refractivity contribution >= 4 is 22.7 Å². The van der Waals surface area contributed by atoms with Gasteiger partial charge in [0.2, 0.25) is 0 Å². The van der Waals surface area contributed by atoms with Gasteiger partial charge in [0, 0.05) is 12.0 Å². The van der Waals surface area contributed by atoms with Gasteiger partial charge >= 0.3 is 11.9 Å². The molecule has 0 saturated heterocycles. The maximum atomic E-state index is 12.4. The van der Waals surface area contributed by atoms with Crippen molar-refractivity contribution in [1.29, 1.82) is 0 Å². The quantitative estimate of drug-likeness (QED) is 0.566. The molecule has 1 atom stereocenters. The van der Waals surface area contributed by atoms with E-state index >= 15 is 0 Å². The summed E-state index contributed by atoms with van der Waals surface area (Å²) in [6.45, 7) is 10.5. The van der Waals surface area contributed by atoms with Gasteiger partial charge in [-0.25, -0.2) is 9.59 Å². The third kappa shape index (κ3) is 5.18. The lowest BCUT2D eigenvalue weighted by molar-refractivity contribution is -0.153. The predicted octanol–water partition coefficient (Wildman–Crippen LogP) is 4.67. The standard InChI is InChI=1S/C21H24O4/c1-14(2)19(22)25-21(4,5)13-15(3)24-20(23)18-11-10-16-8-6-7-9-17(16)12-18/h6-12,15H,1,13H2,2-5H3. The molecular weight excluding hydrogens is 316 g/mol. The Balaban J connectivity index is 2.01. The highest BCUT2D eigenvalue weighted by Crippen LogP contribution is 2.22. The van der Waals surface area contributed by atoms with E-state index in [9.17, 15) is 9.59 Å². The molecule has 2 aromatic rings. The van der Waals surface area contributed by atoms with Crippen molar-refractivity contribution in [3.8, 4) is 0 Å². The van der Waals surface area contributed by atoms with E-state index in [1.54, 1.807) is 33.8 Å². The van der Waals surface area contributed by atoms with E-state index in [4.69, 9.17) is 9.47 Å². The van der Waals surface area contributed by atoms with Crippen LogP contribution in [0.25, 0.3) is 10.8 Å². The van der Waals surface area contributed by atoms with Crippen LogP contribution < -0.4 is 0 Å². The van der Waals surface area contributed by atoms with E-state index < -0.39 is 17.7 Å². The number of carbonyl (C=O) groups is 2. The molecule has 2 rings (SSSR count). The molecule has 0 N–H and O–H groups in total. The van der Waals surface area contributed by atoms with Crippen molar-refractivity contribution in [2.45, 2.75) is 45.8 Å². The van der Waals surface area contributed by atoms with Gasteiger partial charge in [-0.3, -0.25) is 0 Å². The minimum atomic E-state index is -0.751. The normalized spacial score (nSPS) is 12.5. The van der Waals surface area contributed by atoms with E-state index in [0.29, 0.717) is 17.6 Å². The number of hydrogen-bond acceptors (Lipinski definition) is 4. The average molecular weight is 340 g/mol. The van der Waals surface area contributed by atoms with Crippen molar-refractivity contribution in [3.63, 3.8) is 0 Å². The van der Waals surface area contributed by atoms with Crippen LogP contribution in [-0.2, 0) is 14.3 Å². The summed E-state index contributed by atoms with van der Waals surface area (Å²) in [6.07, 6.45) is -0.00221. The van der Waals surface area contributed by atoms with E-state index in [1.165, 1.54) is 0 Å². The average Bonchev–Trinajstić information content (AvgIpc) is 2.53. The molecule has 0 aliphatic carbocycles. The van der Waals surface area contributed by atoms with Gasteiger partial charge in [-0.05, 0) is 50.6 Å². The molecule has 0 heterocycles. The van der Waals surface area contributed by atoms with Crippen molar-refractivity contribution in [2.75, 3.05) is 0 Å². The number of benzene rings is 2.